The number of nitrogens with zero attached hydrogens (tertiary/aromatic N) is 1. The summed E-state index contributed by atoms with van der Waals surface area (Å²) in [7, 11) is -1.01. The van der Waals surface area contributed by atoms with Gasteiger partial charge in [0.25, 0.3) is 0 Å². The maximum Gasteiger partial charge on any atom is 0.433 e. The molecule has 20 heavy (non-hydrogen) atoms. The van der Waals surface area contributed by atoms with Gasteiger partial charge in [0.1, 0.15) is 17.1 Å². The van der Waals surface area contributed by atoms with Crippen molar-refractivity contribution in [2.45, 2.75) is 12.6 Å². The number of aromatic carboxylic acids is 1. The van der Waals surface area contributed by atoms with Gasteiger partial charge in [0.05, 0.1) is 0 Å². The van der Waals surface area contributed by atoms with Gasteiger partial charge in [-0.2, -0.15) is 13.2 Å². The van der Waals surface area contributed by atoms with Gasteiger partial charge in [-0.3, -0.25) is 4.21 Å². The second-order valence-corrected chi connectivity index (χ2v) is 5.51. The highest BCUT2D eigenvalue weighted by Gasteiger charge is 2.33. The molecule has 1 aromatic rings. The first-order chi connectivity index (χ1) is 9.21. The van der Waals surface area contributed by atoms with Gasteiger partial charge < -0.3 is 10.4 Å². The molecule has 1 atom stereocenters. The second-order valence-electron chi connectivity index (χ2n) is 3.95. The van der Waals surface area contributed by atoms with Crippen molar-refractivity contribution in [3.05, 3.63) is 23.4 Å². The predicted octanol–water partition coefficient (Wildman–Crippen LogP) is 1.98. The summed E-state index contributed by atoms with van der Waals surface area (Å²) in [5.41, 5.74) is -1.50. The van der Waals surface area contributed by atoms with E-state index in [1.165, 1.54) is 6.26 Å². The minimum absolute atomic E-state index is 0.189. The molecule has 0 saturated heterocycles. The highest BCUT2D eigenvalue weighted by Crippen LogP contribution is 2.29. The Morgan fingerprint density at radius 1 is 1.45 bits per heavy atom. The summed E-state index contributed by atoms with van der Waals surface area (Å²) < 4.78 is 48.4. The van der Waals surface area contributed by atoms with E-state index in [1.54, 1.807) is 0 Å². The summed E-state index contributed by atoms with van der Waals surface area (Å²) in [6, 6.07) is 1.48. The molecule has 0 amide bonds. The van der Waals surface area contributed by atoms with E-state index in [2.05, 4.69) is 10.3 Å². The number of carboxylic acids is 1. The SMILES string of the molecule is CS(=O)CCCNc1nc(C(F)(F)F)ccc1C(=O)O. The second kappa shape index (κ2) is 6.69. The Labute approximate surface area is 115 Å². The van der Waals surface area contributed by atoms with Crippen molar-refractivity contribution in [1.29, 1.82) is 0 Å². The number of alkyl halides is 3. The molecule has 9 heteroatoms. The van der Waals surface area contributed by atoms with E-state index >= 15 is 0 Å². The maximum absolute atomic E-state index is 12.5. The zero-order valence-electron chi connectivity index (χ0n) is 10.5. The highest BCUT2D eigenvalue weighted by atomic mass is 32.2. The van der Waals surface area contributed by atoms with Crippen molar-refractivity contribution >= 4 is 22.6 Å². The lowest BCUT2D eigenvalue weighted by molar-refractivity contribution is -0.141. The Balaban J connectivity index is 2.89. The first-order valence-electron chi connectivity index (χ1n) is 5.57. The van der Waals surface area contributed by atoms with Crippen molar-refractivity contribution < 1.29 is 27.3 Å². The molecule has 1 heterocycles. The average molecular weight is 310 g/mol. The Morgan fingerprint density at radius 3 is 2.60 bits per heavy atom. The van der Waals surface area contributed by atoms with Gasteiger partial charge in [-0.15, -0.1) is 0 Å². The minimum atomic E-state index is -4.64. The number of rotatable bonds is 6. The van der Waals surface area contributed by atoms with Gasteiger partial charge in [0.15, 0.2) is 0 Å². The molecule has 0 aliphatic carbocycles. The molecule has 0 spiro atoms. The topological polar surface area (TPSA) is 79.3 Å². The van der Waals surface area contributed by atoms with Gasteiger partial charge in [0, 0.05) is 29.4 Å². The molecule has 0 radical (unpaired) electrons. The summed E-state index contributed by atoms with van der Waals surface area (Å²) in [5.74, 6) is -1.34. The summed E-state index contributed by atoms with van der Waals surface area (Å²) >= 11 is 0. The van der Waals surface area contributed by atoms with Crippen LogP contribution in [0.2, 0.25) is 0 Å². The monoisotopic (exact) mass is 310 g/mol. The molecule has 2 N–H and O–H groups in total. The number of halogens is 3. The molecule has 0 aromatic carbocycles. The molecule has 1 rings (SSSR count). The van der Waals surface area contributed by atoms with E-state index in [-0.39, 0.29) is 17.9 Å². The Bertz CT molecular complexity index is 520. The van der Waals surface area contributed by atoms with Gasteiger partial charge in [0.2, 0.25) is 0 Å². The average Bonchev–Trinajstić information content (AvgIpc) is 2.32. The van der Waals surface area contributed by atoms with Crippen molar-refractivity contribution in [2.24, 2.45) is 0 Å². The third-order valence-electron chi connectivity index (χ3n) is 2.32. The lowest BCUT2D eigenvalue weighted by Gasteiger charge is -2.12. The van der Waals surface area contributed by atoms with E-state index in [1.807, 2.05) is 0 Å². The predicted molar refractivity (Wildman–Crippen MR) is 68.2 cm³/mol. The summed E-state index contributed by atoms with van der Waals surface area (Å²) in [4.78, 5) is 14.2. The third-order valence-corrected chi connectivity index (χ3v) is 3.18. The summed E-state index contributed by atoms with van der Waals surface area (Å²) in [5, 5.41) is 11.4. The molecule has 0 aliphatic rings. The van der Waals surface area contributed by atoms with Gasteiger partial charge in [-0.05, 0) is 18.6 Å². The van der Waals surface area contributed by atoms with Crippen LogP contribution >= 0.6 is 0 Å². The van der Waals surface area contributed by atoms with Crippen molar-refractivity contribution in [3.8, 4) is 0 Å². The number of carbonyl (C=O) groups is 1. The number of hydrogen-bond donors (Lipinski definition) is 2. The van der Waals surface area contributed by atoms with Crippen LogP contribution in [0.4, 0.5) is 19.0 Å². The fourth-order valence-electron chi connectivity index (χ4n) is 1.41. The first-order valence-corrected chi connectivity index (χ1v) is 7.30. The van der Waals surface area contributed by atoms with Crippen LogP contribution in [0.15, 0.2) is 12.1 Å². The standard InChI is InChI=1S/C11H13F3N2O3S/c1-20(19)6-2-5-15-9-7(10(17)18)3-4-8(16-9)11(12,13)14/h3-4H,2,5-6H2,1H3,(H,15,16)(H,17,18). The van der Waals surface area contributed by atoms with Crippen LogP contribution < -0.4 is 5.32 Å². The molecule has 0 saturated carbocycles. The van der Waals surface area contributed by atoms with Crippen LogP contribution in [-0.2, 0) is 17.0 Å². The number of nitrogens with one attached hydrogen (secondary N) is 1. The summed E-state index contributed by atoms with van der Waals surface area (Å²) in [6.45, 7) is 0.189. The molecule has 0 aliphatic heterocycles. The highest BCUT2D eigenvalue weighted by molar-refractivity contribution is 7.84. The molecule has 1 aromatic heterocycles. The Kier molecular flexibility index (Phi) is 5.49. The fraction of sp³-hybridized carbons (Fsp3) is 0.455. The molecule has 112 valence electrons. The van der Waals surface area contributed by atoms with Crippen LogP contribution in [0, 0.1) is 0 Å². The third kappa shape index (κ3) is 4.80. The molecule has 0 fully saturated rings. The van der Waals surface area contributed by atoms with Crippen molar-refractivity contribution in [3.63, 3.8) is 0 Å². The molecular weight excluding hydrogens is 297 g/mol. The molecular formula is C11H13F3N2O3S. The number of hydrogen-bond acceptors (Lipinski definition) is 4. The molecule has 1 unspecified atom stereocenters. The van der Waals surface area contributed by atoms with Gasteiger partial charge in [-0.1, -0.05) is 0 Å². The zero-order chi connectivity index (χ0) is 15.3. The minimum Gasteiger partial charge on any atom is -0.478 e. The lowest BCUT2D eigenvalue weighted by atomic mass is 10.2. The van der Waals surface area contributed by atoms with Gasteiger partial charge in [-0.25, -0.2) is 9.78 Å². The number of pyridine rings is 1. The van der Waals surface area contributed by atoms with E-state index in [0.29, 0.717) is 18.2 Å². The van der Waals surface area contributed by atoms with Crippen LogP contribution in [0.3, 0.4) is 0 Å². The summed E-state index contributed by atoms with van der Waals surface area (Å²) in [6.07, 6.45) is -2.70. The van der Waals surface area contributed by atoms with E-state index in [4.69, 9.17) is 5.11 Å². The number of aromatic nitrogens is 1. The Hall–Kier alpha value is -1.64. The number of carboxylic acid groups (broad SMARTS) is 1. The quantitative estimate of drug-likeness (QED) is 0.785. The van der Waals surface area contributed by atoms with Gasteiger partial charge >= 0.3 is 12.1 Å². The largest absolute Gasteiger partial charge is 0.478 e. The zero-order valence-corrected chi connectivity index (χ0v) is 11.3. The fourth-order valence-corrected chi connectivity index (χ4v) is 1.96. The smallest absolute Gasteiger partial charge is 0.433 e. The van der Waals surface area contributed by atoms with Crippen LogP contribution in [0.5, 0.6) is 0 Å². The van der Waals surface area contributed by atoms with Crippen molar-refractivity contribution in [2.75, 3.05) is 23.9 Å². The van der Waals surface area contributed by atoms with Crippen molar-refractivity contribution in [1.82, 2.24) is 4.98 Å². The number of anilines is 1. The Morgan fingerprint density at radius 2 is 2.10 bits per heavy atom. The first kappa shape index (κ1) is 16.4. The van der Waals surface area contributed by atoms with Crippen LogP contribution in [0.1, 0.15) is 22.5 Å². The lowest BCUT2D eigenvalue weighted by Crippen LogP contribution is -2.15. The van der Waals surface area contributed by atoms with Crippen LogP contribution in [-0.4, -0.2) is 38.8 Å². The maximum atomic E-state index is 12.5. The normalized spacial score (nSPS) is 13.0. The molecule has 0 bridgehead atoms. The molecule has 5 nitrogen and oxygen atoms in total. The van der Waals surface area contributed by atoms with E-state index in [0.717, 1.165) is 6.07 Å². The van der Waals surface area contributed by atoms with E-state index < -0.39 is 28.6 Å². The van der Waals surface area contributed by atoms with E-state index in [9.17, 15) is 22.2 Å². The van der Waals surface area contributed by atoms with Crippen LogP contribution in [0.25, 0.3) is 0 Å².